The molecule has 0 aliphatic carbocycles. The van der Waals surface area contributed by atoms with Crippen LogP contribution < -0.4 is 4.74 Å². The fourth-order valence-corrected chi connectivity index (χ4v) is 3.91. The smallest absolute Gasteiger partial charge is 0.367 e. The van der Waals surface area contributed by atoms with Crippen LogP contribution in [0, 0.1) is 0 Å². The van der Waals surface area contributed by atoms with Gasteiger partial charge in [-0.25, -0.2) is 4.79 Å². The van der Waals surface area contributed by atoms with Gasteiger partial charge in [0.2, 0.25) is 0 Å². The van der Waals surface area contributed by atoms with E-state index in [0.717, 1.165) is 13.1 Å². The predicted octanol–water partition coefficient (Wildman–Crippen LogP) is 3.31. The van der Waals surface area contributed by atoms with Crippen LogP contribution in [0.1, 0.15) is 57.3 Å². The third-order valence-electron chi connectivity index (χ3n) is 5.61. The number of fused-ring (bicyclic) bond motifs is 1. The highest BCUT2D eigenvalue weighted by Gasteiger charge is 2.39. The van der Waals surface area contributed by atoms with E-state index in [1.807, 2.05) is 0 Å². The number of para-hydroxylation sites is 1. The zero-order chi connectivity index (χ0) is 21.1. The van der Waals surface area contributed by atoms with Gasteiger partial charge in [0.1, 0.15) is 17.9 Å². The molecule has 1 atom stereocenters. The number of nitrogens with zero attached hydrogens (tertiary/aromatic N) is 2. The van der Waals surface area contributed by atoms with E-state index in [4.69, 9.17) is 9.57 Å². The minimum atomic E-state index is -0.813. The third kappa shape index (κ3) is 3.93. The summed E-state index contributed by atoms with van der Waals surface area (Å²) in [5.74, 6) is -1.75. The molecule has 1 unspecified atom stereocenters. The van der Waals surface area contributed by atoms with Crippen LogP contribution in [0.5, 0.6) is 5.75 Å². The first-order valence-electron chi connectivity index (χ1n) is 10.2. The Hall–Kier alpha value is -3.19. The van der Waals surface area contributed by atoms with Crippen molar-refractivity contribution in [2.75, 3.05) is 19.7 Å². The first-order chi connectivity index (χ1) is 14.6. The third-order valence-corrected chi connectivity index (χ3v) is 5.61. The van der Waals surface area contributed by atoms with E-state index < -0.39 is 17.8 Å². The Morgan fingerprint density at radius 3 is 2.37 bits per heavy atom. The summed E-state index contributed by atoms with van der Waals surface area (Å²) in [4.78, 5) is 45.1. The summed E-state index contributed by atoms with van der Waals surface area (Å²) in [6.45, 7) is 4.46. The number of rotatable bonds is 6. The minimum Gasteiger partial charge on any atom is -0.491 e. The van der Waals surface area contributed by atoms with Gasteiger partial charge < -0.3 is 9.57 Å². The summed E-state index contributed by atoms with van der Waals surface area (Å²) in [7, 11) is 0. The number of carbonyl (C=O) groups is 3. The Morgan fingerprint density at radius 2 is 1.67 bits per heavy atom. The summed E-state index contributed by atoms with van der Waals surface area (Å²) in [5, 5.41) is 0.513. The second-order valence-corrected chi connectivity index (χ2v) is 7.55. The Kier molecular flexibility index (Phi) is 5.81. The second-order valence-electron chi connectivity index (χ2n) is 7.55. The van der Waals surface area contributed by atoms with Gasteiger partial charge in [-0.15, -0.1) is 0 Å². The average Bonchev–Trinajstić information content (AvgIpc) is 3.00. The SMILES string of the molecule is CC1CCCCN1CCOc1ccccc1C(=O)ON1C(=O)c2ccccc2C1=O. The van der Waals surface area contributed by atoms with E-state index in [-0.39, 0.29) is 16.7 Å². The lowest BCUT2D eigenvalue weighted by atomic mass is 10.0. The van der Waals surface area contributed by atoms with Gasteiger partial charge in [-0.2, -0.15) is 0 Å². The number of piperidine rings is 1. The Bertz CT molecular complexity index is 939. The summed E-state index contributed by atoms with van der Waals surface area (Å²) < 4.78 is 5.86. The highest BCUT2D eigenvalue weighted by Crippen LogP contribution is 2.25. The highest BCUT2D eigenvalue weighted by molar-refractivity contribution is 6.21. The number of hydroxylamine groups is 2. The van der Waals surface area contributed by atoms with Gasteiger partial charge in [-0.3, -0.25) is 14.5 Å². The molecule has 0 radical (unpaired) electrons. The average molecular weight is 408 g/mol. The van der Waals surface area contributed by atoms with Gasteiger partial charge >= 0.3 is 5.97 Å². The fraction of sp³-hybridized carbons (Fsp3) is 0.348. The number of hydrogen-bond donors (Lipinski definition) is 0. The molecule has 1 saturated heterocycles. The number of likely N-dealkylation sites (tertiary alicyclic amines) is 1. The molecule has 0 aromatic heterocycles. The minimum absolute atomic E-state index is 0.167. The first kappa shape index (κ1) is 20.1. The van der Waals surface area contributed by atoms with Crippen molar-refractivity contribution in [1.82, 2.24) is 9.96 Å². The molecule has 1 fully saturated rings. The van der Waals surface area contributed by atoms with Crippen LogP contribution in [0.15, 0.2) is 48.5 Å². The molecule has 7 nitrogen and oxygen atoms in total. The van der Waals surface area contributed by atoms with Gasteiger partial charge in [0, 0.05) is 12.6 Å². The van der Waals surface area contributed by atoms with E-state index in [9.17, 15) is 14.4 Å². The molecule has 156 valence electrons. The topological polar surface area (TPSA) is 76.2 Å². The maximum absolute atomic E-state index is 12.7. The lowest BCUT2D eigenvalue weighted by Gasteiger charge is -2.33. The molecule has 0 bridgehead atoms. The molecule has 2 amide bonds. The summed E-state index contributed by atoms with van der Waals surface area (Å²) in [5.41, 5.74) is 0.603. The zero-order valence-corrected chi connectivity index (χ0v) is 16.9. The van der Waals surface area contributed by atoms with E-state index in [0.29, 0.717) is 23.5 Å². The normalized spacial score (nSPS) is 19.0. The molecule has 0 spiro atoms. The largest absolute Gasteiger partial charge is 0.491 e. The molecule has 2 heterocycles. The summed E-state index contributed by atoms with van der Waals surface area (Å²) in [6.07, 6.45) is 3.63. The number of benzene rings is 2. The van der Waals surface area contributed by atoms with Crippen LogP contribution in [0.4, 0.5) is 0 Å². The number of carbonyl (C=O) groups excluding carboxylic acids is 3. The lowest BCUT2D eigenvalue weighted by molar-refractivity contribution is -0.0586. The van der Waals surface area contributed by atoms with Crippen LogP contribution in [0.25, 0.3) is 0 Å². The standard InChI is InChI=1S/C23H24N2O5/c1-16-8-6-7-13-24(16)14-15-29-20-12-5-4-11-19(20)23(28)30-25-21(26)17-9-2-3-10-18(17)22(25)27/h2-5,9-12,16H,6-8,13-15H2,1H3. The molecule has 2 aromatic rings. The van der Waals surface area contributed by atoms with E-state index >= 15 is 0 Å². The van der Waals surface area contributed by atoms with Crippen molar-refractivity contribution in [3.63, 3.8) is 0 Å². The Labute approximate surface area is 175 Å². The van der Waals surface area contributed by atoms with Crippen LogP contribution in [-0.2, 0) is 4.84 Å². The number of imide groups is 1. The van der Waals surface area contributed by atoms with E-state index in [1.165, 1.54) is 31.4 Å². The lowest BCUT2D eigenvalue weighted by Crippen LogP contribution is -2.40. The second kappa shape index (κ2) is 8.67. The van der Waals surface area contributed by atoms with Gasteiger partial charge in [-0.05, 0) is 50.6 Å². The molecule has 4 rings (SSSR count). The molecule has 30 heavy (non-hydrogen) atoms. The van der Waals surface area contributed by atoms with Crippen LogP contribution in [0.3, 0.4) is 0 Å². The number of hydrogen-bond acceptors (Lipinski definition) is 6. The van der Waals surface area contributed by atoms with Crippen molar-refractivity contribution in [3.8, 4) is 5.75 Å². The van der Waals surface area contributed by atoms with Crippen LogP contribution in [0.2, 0.25) is 0 Å². The summed E-state index contributed by atoms with van der Waals surface area (Å²) in [6, 6.07) is 13.6. The van der Waals surface area contributed by atoms with Crippen molar-refractivity contribution in [2.24, 2.45) is 0 Å². The molecule has 2 aliphatic heterocycles. The predicted molar refractivity (Wildman–Crippen MR) is 109 cm³/mol. The van der Waals surface area contributed by atoms with Gasteiger partial charge in [0.15, 0.2) is 0 Å². The maximum atomic E-state index is 12.7. The zero-order valence-electron chi connectivity index (χ0n) is 16.9. The van der Waals surface area contributed by atoms with E-state index in [1.54, 1.807) is 36.4 Å². The van der Waals surface area contributed by atoms with Crippen molar-refractivity contribution >= 4 is 17.8 Å². The van der Waals surface area contributed by atoms with Gasteiger partial charge in [0.25, 0.3) is 11.8 Å². The Morgan fingerprint density at radius 1 is 1.00 bits per heavy atom. The first-order valence-corrected chi connectivity index (χ1v) is 10.2. The molecule has 0 saturated carbocycles. The molecule has 2 aromatic carbocycles. The quantitative estimate of drug-likeness (QED) is 0.683. The van der Waals surface area contributed by atoms with Crippen molar-refractivity contribution in [3.05, 3.63) is 65.2 Å². The summed E-state index contributed by atoms with van der Waals surface area (Å²) >= 11 is 0. The van der Waals surface area contributed by atoms with Crippen molar-refractivity contribution < 1.29 is 24.0 Å². The fourth-order valence-electron chi connectivity index (χ4n) is 3.91. The van der Waals surface area contributed by atoms with Crippen molar-refractivity contribution in [1.29, 1.82) is 0 Å². The molecule has 2 aliphatic rings. The number of amides is 2. The molecular weight excluding hydrogens is 384 g/mol. The Balaban J connectivity index is 1.41. The molecule has 7 heteroatoms. The molecule has 0 N–H and O–H groups in total. The monoisotopic (exact) mass is 408 g/mol. The van der Waals surface area contributed by atoms with E-state index in [2.05, 4.69) is 11.8 Å². The van der Waals surface area contributed by atoms with Crippen LogP contribution in [-0.4, -0.2) is 53.5 Å². The maximum Gasteiger partial charge on any atom is 0.367 e. The molecular formula is C23H24N2O5. The van der Waals surface area contributed by atoms with Crippen molar-refractivity contribution in [2.45, 2.75) is 32.2 Å². The van der Waals surface area contributed by atoms with Crippen LogP contribution >= 0.6 is 0 Å². The highest BCUT2D eigenvalue weighted by atomic mass is 16.7. The van der Waals surface area contributed by atoms with Gasteiger partial charge in [-0.1, -0.05) is 35.7 Å². The van der Waals surface area contributed by atoms with Gasteiger partial charge in [0.05, 0.1) is 11.1 Å². The number of ether oxygens (including phenoxy) is 1.